The highest BCUT2D eigenvalue weighted by molar-refractivity contribution is 9.10. The van der Waals surface area contributed by atoms with Crippen LogP contribution in [-0.4, -0.2) is 23.6 Å². The van der Waals surface area contributed by atoms with Gasteiger partial charge >= 0.3 is 0 Å². The molecule has 2 rings (SSSR count). The van der Waals surface area contributed by atoms with Gasteiger partial charge in [-0.3, -0.25) is 0 Å². The minimum Gasteiger partial charge on any atom is -0.369 e. The van der Waals surface area contributed by atoms with Gasteiger partial charge in [-0.2, -0.15) is 4.98 Å². The van der Waals surface area contributed by atoms with E-state index in [2.05, 4.69) is 36.5 Å². The van der Waals surface area contributed by atoms with Crippen LogP contribution in [0.25, 0.3) is 0 Å². The third-order valence-electron chi connectivity index (χ3n) is 2.96. The Morgan fingerprint density at radius 2 is 2.15 bits per heavy atom. The van der Waals surface area contributed by atoms with Gasteiger partial charge in [0.15, 0.2) is 0 Å². The predicted molar refractivity (Wildman–Crippen MR) is 82.6 cm³/mol. The van der Waals surface area contributed by atoms with Crippen molar-refractivity contribution in [1.29, 1.82) is 0 Å². The molecule has 0 aliphatic carbocycles. The highest BCUT2D eigenvalue weighted by atomic mass is 79.9. The second-order valence-corrected chi connectivity index (χ2v) is 5.24. The molecular formula is C14H16BrFN4. The van der Waals surface area contributed by atoms with Crippen molar-refractivity contribution in [3.63, 3.8) is 0 Å². The van der Waals surface area contributed by atoms with E-state index in [0.29, 0.717) is 12.5 Å². The van der Waals surface area contributed by atoms with Gasteiger partial charge in [-0.1, -0.05) is 6.07 Å². The van der Waals surface area contributed by atoms with Gasteiger partial charge in [-0.25, -0.2) is 9.37 Å². The van der Waals surface area contributed by atoms with E-state index in [4.69, 9.17) is 0 Å². The fourth-order valence-corrected chi connectivity index (χ4v) is 2.20. The molecule has 0 amide bonds. The second-order valence-electron chi connectivity index (χ2n) is 4.39. The third kappa shape index (κ3) is 3.66. The van der Waals surface area contributed by atoms with Crippen molar-refractivity contribution in [2.24, 2.45) is 0 Å². The van der Waals surface area contributed by atoms with Crippen LogP contribution < -0.4 is 10.6 Å². The molecule has 2 N–H and O–H groups in total. The average Bonchev–Trinajstić information content (AvgIpc) is 2.43. The molecule has 0 aliphatic rings. The Labute approximate surface area is 126 Å². The Morgan fingerprint density at radius 1 is 1.35 bits per heavy atom. The molecule has 0 fully saturated rings. The maximum absolute atomic E-state index is 13.0. The van der Waals surface area contributed by atoms with Gasteiger partial charge in [0.05, 0.1) is 4.47 Å². The number of aryl methyl sites for hydroxylation is 1. The monoisotopic (exact) mass is 338 g/mol. The highest BCUT2D eigenvalue weighted by Gasteiger charge is 2.05. The van der Waals surface area contributed by atoms with Crippen molar-refractivity contribution in [2.45, 2.75) is 13.3 Å². The fraction of sp³-hybridized carbons (Fsp3) is 0.286. The molecule has 0 bridgehead atoms. The Balaban J connectivity index is 1.99. The molecule has 4 nitrogen and oxygen atoms in total. The zero-order valence-electron chi connectivity index (χ0n) is 11.4. The molecule has 0 saturated heterocycles. The zero-order valence-corrected chi connectivity index (χ0v) is 13.0. The summed E-state index contributed by atoms with van der Waals surface area (Å²) in [5.74, 6) is 1.11. The summed E-state index contributed by atoms with van der Waals surface area (Å²) in [6.07, 6.45) is 2.50. The summed E-state index contributed by atoms with van der Waals surface area (Å²) < 4.78 is 13.8. The number of rotatable bonds is 5. The summed E-state index contributed by atoms with van der Waals surface area (Å²) in [4.78, 5) is 8.42. The smallest absolute Gasteiger partial charge is 0.224 e. The minimum atomic E-state index is -0.198. The van der Waals surface area contributed by atoms with E-state index < -0.39 is 0 Å². The van der Waals surface area contributed by atoms with Crippen LogP contribution in [0.15, 0.2) is 28.9 Å². The van der Waals surface area contributed by atoms with Crippen LogP contribution in [0.4, 0.5) is 16.2 Å². The minimum absolute atomic E-state index is 0.198. The quantitative estimate of drug-likeness (QED) is 0.877. The van der Waals surface area contributed by atoms with Crippen LogP contribution in [0.5, 0.6) is 0 Å². The summed E-state index contributed by atoms with van der Waals surface area (Å²) in [6, 6.07) is 4.86. The predicted octanol–water partition coefficient (Wildman–Crippen LogP) is 3.38. The van der Waals surface area contributed by atoms with Crippen LogP contribution in [0.3, 0.4) is 0 Å². The summed E-state index contributed by atoms with van der Waals surface area (Å²) in [5, 5.41) is 6.14. The molecule has 20 heavy (non-hydrogen) atoms. The van der Waals surface area contributed by atoms with Gasteiger partial charge in [0, 0.05) is 19.8 Å². The number of anilines is 2. The van der Waals surface area contributed by atoms with E-state index >= 15 is 0 Å². The first-order chi connectivity index (χ1) is 9.60. The molecule has 2 aromatic rings. The third-order valence-corrected chi connectivity index (χ3v) is 3.54. The van der Waals surface area contributed by atoms with E-state index in [-0.39, 0.29) is 5.82 Å². The molecular weight excluding hydrogens is 323 g/mol. The SMILES string of the molecule is CNc1ncc(Br)c(NCCc2ccc(F)cc2C)n1. The molecule has 0 aliphatic heterocycles. The van der Waals surface area contributed by atoms with Gasteiger partial charge in [0.25, 0.3) is 0 Å². The largest absolute Gasteiger partial charge is 0.369 e. The summed E-state index contributed by atoms with van der Waals surface area (Å²) in [5.41, 5.74) is 2.09. The van der Waals surface area contributed by atoms with Gasteiger partial charge in [0.2, 0.25) is 5.95 Å². The Morgan fingerprint density at radius 3 is 2.85 bits per heavy atom. The van der Waals surface area contributed by atoms with E-state index in [0.717, 1.165) is 27.8 Å². The van der Waals surface area contributed by atoms with E-state index in [1.54, 1.807) is 19.3 Å². The van der Waals surface area contributed by atoms with Crippen LogP contribution >= 0.6 is 15.9 Å². The van der Waals surface area contributed by atoms with Gasteiger partial charge < -0.3 is 10.6 Å². The normalized spacial score (nSPS) is 10.4. The van der Waals surface area contributed by atoms with Crippen LogP contribution in [0, 0.1) is 12.7 Å². The Hall–Kier alpha value is -1.69. The number of aromatic nitrogens is 2. The first kappa shape index (κ1) is 14.7. The highest BCUT2D eigenvalue weighted by Crippen LogP contribution is 2.20. The molecule has 0 spiro atoms. The van der Waals surface area contributed by atoms with Crippen LogP contribution in [-0.2, 0) is 6.42 Å². The summed E-state index contributed by atoms with van der Waals surface area (Å²) in [6.45, 7) is 2.63. The topological polar surface area (TPSA) is 49.8 Å². The van der Waals surface area contributed by atoms with E-state index in [1.807, 2.05) is 13.0 Å². The van der Waals surface area contributed by atoms with E-state index in [1.165, 1.54) is 6.07 Å². The fourth-order valence-electron chi connectivity index (χ4n) is 1.87. The number of benzene rings is 1. The standard InChI is InChI=1S/C14H16BrFN4/c1-9-7-11(16)4-3-10(9)5-6-18-13-12(15)8-19-14(17-2)20-13/h3-4,7-8H,5-6H2,1-2H3,(H2,17,18,19,20). The molecule has 0 atom stereocenters. The lowest BCUT2D eigenvalue weighted by Crippen LogP contribution is -2.09. The van der Waals surface area contributed by atoms with Crippen LogP contribution in [0.1, 0.15) is 11.1 Å². The Kier molecular flexibility index (Phi) is 4.89. The van der Waals surface area contributed by atoms with E-state index in [9.17, 15) is 4.39 Å². The molecule has 1 heterocycles. The molecule has 1 aromatic heterocycles. The summed E-state index contributed by atoms with van der Waals surface area (Å²) >= 11 is 3.41. The number of nitrogens with zero attached hydrogens (tertiary/aromatic N) is 2. The van der Waals surface area contributed by atoms with Gasteiger partial charge in [0.1, 0.15) is 11.6 Å². The van der Waals surface area contributed by atoms with Crippen molar-refractivity contribution in [2.75, 3.05) is 24.2 Å². The molecule has 1 aromatic carbocycles. The molecule has 0 unspecified atom stereocenters. The number of halogens is 2. The van der Waals surface area contributed by atoms with Crippen molar-refractivity contribution >= 4 is 27.7 Å². The van der Waals surface area contributed by atoms with Gasteiger partial charge in [-0.15, -0.1) is 0 Å². The maximum Gasteiger partial charge on any atom is 0.224 e. The first-order valence-corrected chi connectivity index (χ1v) is 7.08. The average molecular weight is 339 g/mol. The first-order valence-electron chi connectivity index (χ1n) is 6.29. The molecule has 0 saturated carbocycles. The van der Waals surface area contributed by atoms with Crippen molar-refractivity contribution < 1.29 is 4.39 Å². The lowest BCUT2D eigenvalue weighted by molar-refractivity contribution is 0.625. The second kappa shape index (κ2) is 6.65. The summed E-state index contributed by atoms with van der Waals surface area (Å²) in [7, 11) is 1.77. The number of hydrogen-bond acceptors (Lipinski definition) is 4. The lowest BCUT2D eigenvalue weighted by Gasteiger charge is -2.10. The lowest BCUT2D eigenvalue weighted by atomic mass is 10.1. The molecule has 106 valence electrons. The zero-order chi connectivity index (χ0) is 14.5. The Bertz CT molecular complexity index is 604. The van der Waals surface area contributed by atoms with Crippen molar-refractivity contribution in [3.05, 3.63) is 45.8 Å². The number of hydrogen-bond donors (Lipinski definition) is 2. The number of nitrogens with one attached hydrogen (secondary N) is 2. The van der Waals surface area contributed by atoms with Crippen molar-refractivity contribution in [1.82, 2.24) is 9.97 Å². The van der Waals surface area contributed by atoms with Gasteiger partial charge in [-0.05, 0) is 52.5 Å². The molecule has 0 radical (unpaired) electrons. The maximum atomic E-state index is 13.0. The van der Waals surface area contributed by atoms with Crippen LogP contribution in [0.2, 0.25) is 0 Å². The molecule has 6 heteroatoms. The van der Waals surface area contributed by atoms with Crippen molar-refractivity contribution in [3.8, 4) is 0 Å².